The summed E-state index contributed by atoms with van der Waals surface area (Å²) >= 11 is 3.79. The summed E-state index contributed by atoms with van der Waals surface area (Å²) in [5, 5.41) is 3.74. The number of thiol groups is 1. The summed E-state index contributed by atoms with van der Waals surface area (Å²) in [7, 11) is 0. The van der Waals surface area contributed by atoms with Gasteiger partial charge in [0.1, 0.15) is 0 Å². The number of nitrogens with one attached hydrogen (secondary N) is 1. The van der Waals surface area contributed by atoms with E-state index in [4.69, 9.17) is 0 Å². The second-order valence-corrected chi connectivity index (χ2v) is 7.92. The molecule has 1 N–H and O–H groups in total. The molecule has 0 bridgehead atoms. The molecule has 1 aromatic heterocycles. The van der Waals surface area contributed by atoms with Crippen molar-refractivity contribution >= 4 is 12.6 Å². The van der Waals surface area contributed by atoms with Crippen LogP contribution in [0.3, 0.4) is 0 Å². The van der Waals surface area contributed by atoms with Gasteiger partial charge in [0.15, 0.2) is 0 Å². The molecule has 1 saturated carbocycles. The molecule has 7 heteroatoms. The maximum Gasteiger partial charge on any atom is 0.416 e. The summed E-state index contributed by atoms with van der Waals surface area (Å²) in [5.74, 6) is 0. The average Bonchev–Trinajstić information content (AvgIpc) is 3.56. The minimum absolute atomic E-state index is 0.319. The number of hydrogen-bond donors (Lipinski definition) is 2. The lowest BCUT2D eigenvalue weighted by Crippen LogP contribution is -2.42. The first-order valence-corrected chi connectivity index (χ1v) is 11.1. The van der Waals surface area contributed by atoms with Crippen molar-refractivity contribution < 1.29 is 13.2 Å². The Morgan fingerprint density at radius 2 is 1.70 bits per heavy atom. The molecular weight excluding hydrogens is 407 g/mol. The van der Waals surface area contributed by atoms with E-state index in [1.165, 1.54) is 56.5 Å². The number of likely N-dealkylation sites (tertiary alicyclic amines) is 1. The van der Waals surface area contributed by atoms with Crippen LogP contribution in [-0.4, -0.2) is 35.1 Å². The van der Waals surface area contributed by atoms with Crippen LogP contribution in [0.15, 0.2) is 53.7 Å². The molecule has 0 spiro atoms. The summed E-state index contributed by atoms with van der Waals surface area (Å²) in [6.45, 7) is 7.50. The highest BCUT2D eigenvalue weighted by atomic mass is 32.1. The summed E-state index contributed by atoms with van der Waals surface area (Å²) in [6.07, 6.45) is 4.96. The Hall–Kier alpha value is -1.57. The molecule has 3 nitrogen and oxygen atoms in total. The zero-order valence-corrected chi connectivity index (χ0v) is 18.6. The van der Waals surface area contributed by atoms with Gasteiger partial charge in [-0.05, 0) is 68.6 Å². The number of nitrogens with zero attached hydrogens (tertiary/aromatic N) is 2. The van der Waals surface area contributed by atoms with Crippen molar-refractivity contribution in [3.05, 3.63) is 59.9 Å². The molecule has 2 fully saturated rings. The van der Waals surface area contributed by atoms with Crippen molar-refractivity contribution in [2.45, 2.75) is 69.2 Å². The van der Waals surface area contributed by atoms with E-state index in [9.17, 15) is 13.2 Å². The Kier molecular flexibility index (Phi) is 10.1. The Morgan fingerprint density at radius 3 is 2.20 bits per heavy atom. The van der Waals surface area contributed by atoms with Crippen LogP contribution in [0.2, 0.25) is 0 Å². The summed E-state index contributed by atoms with van der Waals surface area (Å²) in [4.78, 5) is 7.04. The molecule has 2 aliphatic rings. The highest BCUT2D eigenvalue weighted by molar-refractivity contribution is 7.80. The van der Waals surface area contributed by atoms with Crippen molar-refractivity contribution in [3.8, 4) is 0 Å². The van der Waals surface area contributed by atoms with E-state index in [2.05, 4.69) is 33.9 Å². The molecule has 2 heterocycles. The summed E-state index contributed by atoms with van der Waals surface area (Å²) in [5.41, 5.74) is 0.672. The maximum absolute atomic E-state index is 11.9. The number of pyridine rings is 1. The van der Waals surface area contributed by atoms with Gasteiger partial charge < -0.3 is 5.32 Å². The molecule has 1 saturated heterocycles. The minimum atomic E-state index is -4.27. The fraction of sp³-hybridized carbons (Fsp3) is 0.522. The lowest BCUT2D eigenvalue weighted by Gasteiger charge is -2.32. The third-order valence-electron chi connectivity index (χ3n) is 4.94. The van der Waals surface area contributed by atoms with Crippen LogP contribution in [0.4, 0.5) is 13.2 Å². The molecule has 1 aromatic carbocycles. The van der Waals surface area contributed by atoms with Gasteiger partial charge in [0.05, 0.1) is 5.56 Å². The first kappa shape index (κ1) is 24.7. The van der Waals surface area contributed by atoms with Gasteiger partial charge in [-0.25, -0.2) is 0 Å². The molecule has 30 heavy (non-hydrogen) atoms. The molecule has 0 unspecified atom stereocenters. The number of alkyl halides is 3. The van der Waals surface area contributed by atoms with E-state index in [0.29, 0.717) is 4.90 Å². The number of hydrogen-bond acceptors (Lipinski definition) is 4. The quantitative estimate of drug-likeness (QED) is 0.588. The predicted octanol–water partition coefficient (Wildman–Crippen LogP) is 5.82. The van der Waals surface area contributed by atoms with E-state index in [0.717, 1.165) is 30.8 Å². The number of piperidine rings is 1. The number of benzene rings is 1. The Bertz CT molecular complexity index is 728. The molecule has 2 aromatic rings. The van der Waals surface area contributed by atoms with Crippen LogP contribution in [0, 0.1) is 0 Å². The fourth-order valence-corrected chi connectivity index (χ4v) is 3.50. The van der Waals surface area contributed by atoms with Crippen LogP contribution in [-0.2, 0) is 12.7 Å². The van der Waals surface area contributed by atoms with Gasteiger partial charge in [0.2, 0.25) is 0 Å². The van der Waals surface area contributed by atoms with Gasteiger partial charge in [-0.3, -0.25) is 9.88 Å². The number of rotatable bonds is 4. The molecule has 1 aliphatic heterocycles. The van der Waals surface area contributed by atoms with Gasteiger partial charge in [0, 0.05) is 35.9 Å². The number of halogens is 3. The second kappa shape index (κ2) is 12.3. The third-order valence-corrected chi connectivity index (χ3v) is 5.22. The lowest BCUT2D eigenvalue weighted by molar-refractivity contribution is -0.137. The third kappa shape index (κ3) is 9.06. The predicted molar refractivity (Wildman–Crippen MR) is 119 cm³/mol. The topological polar surface area (TPSA) is 28.2 Å². The fourth-order valence-electron chi connectivity index (χ4n) is 3.27. The van der Waals surface area contributed by atoms with Crippen LogP contribution < -0.4 is 5.32 Å². The smallest absolute Gasteiger partial charge is 0.311 e. The first-order chi connectivity index (χ1) is 14.4. The highest BCUT2D eigenvalue weighted by Crippen LogP contribution is 2.30. The van der Waals surface area contributed by atoms with E-state index < -0.39 is 11.7 Å². The minimum Gasteiger partial charge on any atom is -0.311 e. The summed E-state index contributed by atoms with van der Waals surface area (Å²) in [6, 6.07) is 10.6. The largest absolute Gasteiger partial charge is 0.416 e. The van der Waals surface area contributed by atoms with Crippen LogP contribution in [0.1, 0.15) is 50.7 Å². The van der Waals surface area contributed by atoms with Crippen LogP contribution in [0.25, 0.3) is 0 Å². The van der Waals surface area contributed by atoms with E-state index in [-0.39, 0.29) is 0 Å². The van der Waals surface area contributed by atoms with Crippen molar-refractivity contribution in [2.24, 2.45) is 0 Å². The van der Waals surface area contributed by atoms with Crippen molar-refractivity contribution in [1.29, 1.82) is 0 Å². The Balaban J connectivity index is 0.000000215. The van der Waals surface area contributed by atoms with Crippen molar-refractivity contribution in [1.82, 2.24) is 15.2 Å². The SMILES string of the molecule is CC.FC(F)(F)c1cccc(S)c1.c1cncc(CN2CCC(NC3CC3)CC2)c1. The Morgan fingerprint density at radius 1 is 1.03 bits per heavy atom. The van der Waals surface area contributed by atoms with E-state index in [1.807, 2.05) is 32.3 Å². The monoisotopic (exact) mass is 439 g/mol. The lowest BCUT2D eigenvalue weighted by atomic mass is 10.0. The molecule has 4 rings (SSSR count). The van der Waals surface area contributed by atoms with E-state index >= 15 is 0 Å². The van der Waals surface area contributed by atoms with Crippen LogP contribution in [0.5, 0.6) is 0 Å². The zero-order chi connectivity index (χ0) is 22.0. The van der Waals surface area contributed by atoms with Gasteiger partial charge in [-0.2, -0.15) is 13.2 Å². The normalized spacial score (nSPS) is 17.4. The standard InChI is InChI=1S/C14H21N3.C7H5F3S.C2H6/c1-2-12(10-15-7-1)11-17-8-5-14(6-9-17)16-13-3-4-13;8-7(9,10)5-2-1-3-6(11)4-5;1-2/h1-2,7,10,13-14,16H,3-6,8-9,11H2;1-4,11H;1-2H3. The average molecular weight is 440 g/mol. The summed E-state index contributed by atoms with van der Waals surface area (Å²) < 4.78 is 35.8. The molecule has 166 valence electrons. The molecule has 0 amide bonds. The van der Waals surface area contributed by atoms with Crippen LogP contribution >= 0.6 is 12.6 Å². The molecule has 1 aliphatic carbocycles. The first-order valence-electron chi connectivity index (χ1n) is 10.6. The zero-order valence-electron chi connectivity index (χ0n) is 17.7. The van der Waals surface area contributed by atoms with Crippen molar-refractivity contribution in [2.75, 3.05) is 13.1 Å². The number of aromatic nitrogens is 1. The molecule has 0 atom stereocenters. The van der Waals surface area contributed by atoms with Crippen molar-refractivity contribution in [3.63, 3.8) is 0 Å². The van der Waals surface area contributed by atoms with Gasteiger partial charge in [-0.1, -0.05) is 26.0 Å². The second-order valence-electron chi connectivity index (χ2n) is 7.40. The van der Waals surface area contributed by atoms with E-state index in [1.54, 1.807) is 0 Å². The maximum atomic E-state index is 11.9. The molecule has 0 radical (unpaired) electrons. The van der Waals surface area contributed by atoms with Gasteiger partial charge in [0.25, 0.3) is 0 Å². The van der Waals surface area contributed by atoms with Gasteiger partial charge in [-0.15, -0.1) is 12.6 Å². The molecular formula is C23H32F3N3S. The highest BCUT2D eigenvalue weighted by Gasteiger charge is 2.30. The Labute approximate surface area is 183 Å². The van der Waals surface area contributed by atoms with Gasteiger partial charge >= 0.3 is 6.18 Å².